The van der Waals surface area contributed by atoms with Gasteiger partial charge in [0.1, 0.15) is 5.75 Å². The smallest absolute Gasteiger partial charge is 0.387 e. The summed E-state index contributed by atoms with van der Waals surface area (Å²) in [6, 6.07) is 5.05. The molecule has 2 N–H and O–H groups in total. The van der Waals surface area contributed by atoms with Crippen molar-refractivity contribution in [2.45, 2.75) is 33.4 Å². The van der Waals surface area contributed by atoms with Crippen LogP contribution in [0.15, 0.2) is 27.7 Å². The molecule has 0 radical (unpaired) electrons. The summed E-state index contributed by atoms with van der Waals surface area (Å²) in [5.41, 5.74) is 1.57. The second-order valence-corrected chi connectivity index (χ2v) is 5.33. The summed E-state index contributed by atoms with van der Waals surface area (Å²) in [5.74, 6) is 1.79. The van der Waals surface area contributed by atoms with Crippen LogP contribution in [0.3, 0.4) is 0 Å². The van der Waals surface area contributed by atoms with Gasteiger partial charge in [0.25, 0.3) is 0 Å². The number of hydrogen-bond acceptors (Lipinski definition) is 5. The molecule has 0 amide bonds. The molecule has 26 heavy (non-hydrogen) atoms. The van der Waals surface area contributed by atoms with Gasteiger partial charge in [0.05, 0.1) is 0 Å². The topological polar surface area (TPSA) is 84.6 Å². The van der Waals surface area contributed by atoms with Crippen molar-refractivity contribution in [3.05, 3.63) is 41.0 Å². The zero-order chi connectivity index (χ0) is 18.2. The first kappa shape index (κ1) is 22.1. The minimum Gasteiger partial charge on any atom is -0.434 e. The molecule has 0 bridgehead atoms. The maximum absolute atomic E-state index is 12.5. The molecule has 0 saturated carbocycles. The predicted molar refractivity (Wildman–Crippen MR) is 104 cm³/mol. The van der Waals surface area contributed by atoms with Crippen molar-refractivity contribution in [1.82, 2.24) is 20.8 Å². The number of nitrogens with zero attached hydrogens (tertiary/aromatic N) is 3. The third-order valence-electron chi connectivity index (χ3n) is 3.30. The highest BCUT2D eigenvalue weighted by Crippen LogP contribution is 2.21. The van der Waals surface area contributed by atoms with Crippen LogP contribution >= 0.6 is 24.0 Å². The van der Waals surface area contributed by atoms with Crippen LogP contribution in [0.5, 0.6) is 5.75 Å². The minimum atomic E-state index is -2.86. The van der Waals surface area contributed by atoms with E-state index in [4.69, 9.17) is 4.52 Å². The molecular weight excluding hydrogens is 459 g/mol. The number of nitrogens with one attached hydrogen (secondary N) is 2. The molecule has 2 aromatic rings. The van der Waals surface area contributed by atoms with Gasteiger partial charge in [0.15, 0.2) is 11.8 Å². The summed E-state index contributed by atoms with van der Waals surface area (Å²) >= 11 is 0. The number of halogens is 3. The quantitative estimate of drug-likeness (QED) is 0.360. The van der Waals surface area contributed by atoms with E-state index < -0.39 is 6.61 Å². The number of aryl methyl sites for hydroxylation is 2. The van der Waals surface area contributed by atoms with E-state index in [0.717, 1.165) is 5.56 Å². The molecule has 1 heterocycles. The van der Waals surface area contributed by atoms with Crippen LogP contribution in [0.1, 0.15) is 22.8 Å². The summed E-state index contributed by atoms with van der Waals surface area (Å²) in [5, 5.41) is 9.88. The summed E-state index contributed by atoms with van der Waals surface area (Å²) in [6.07, 6.45) is 0.547. The van der Waals surface area contributed by atoms with Gasteiger partial charge in [-0.3, -0.25) is 4.99 Å². The average Bonchev–Trinajstić information content (AvgIpc) is 2.98. The van der Waals surface area contributed by atoms with Crippen molar-refractivity contribution >= 4 is 29.9 Å². The van der Waals surface area contributed by atoms with Crippen LogP contribution in [-0.2, 0) is 13.0 Å². The number of guanidine groups is 1. The van der Waals surface area contributed by atoms with E-state index in [1.165, 1.54) is 6.07 Å². The van der Waals surface area contributed by atoms with Crippen LogP contribution in [0.2, 0.25) is 0 Å². The van der Waals surface area contributed by atoms with Gasteiger partial charge in [0, 0.05) is 32.1 Å². The minimum absolute atomic E-state index is 0. The number of benzene rings is 1. The third kappa shape index (κ3) is 7.10. The van der Waals surface area contributed by atoms with Gasteiger partial charge >= 0.3 is 6.61 Å². The zero-order valence-corrected chi connectivity index (χ0v) is 17.1. The number of hydrogen-bond donors (Lipinski definition) is 2. The van der Waals surface area contributed by atoms with E-state index in [9.17, 15) is 8.78 Å². The second-order valence-electron chi connectivity index (χ2n) is 5.33. The molecule has 0 aliphatic carbocycles. The predicted octanol–water partition coefficient (Wildman–Crippen LogP) is 2.81. The monoisotopic (exact) mass is 481 g/mol. The fraction of sp³-hybridized carbons (Fsp3) is 0.438. The van der Waals surface area contributed by atoms with Crippen LogP contribution in [0.25, 0.3) is 0 Å². The van der Waals surface area contributed by atoms with Crippen molar-refractivity contribution in [2.75, 3.05) is 13.6 Å². The molecule has 0 aliphatic heterocycles. The van der Waals surface area contributed by atoms with Gasteiger partial charge in [-0.05, 0) is 19.9 Å². The first-order valence-electron chi connectivity index (χ1n) is 7.76. The molecule has 1 aromatic heterocycles. The lowest BCUT2D eigenvalue weighted by atomic mass is 10.1. The normalized spacial score (nSPS) is 11.2. The van der Waals surface area contributed by atoms with Crippen molar-refractivity contribution in [2.24, 2.45) is 4.99 Å². The maximum atomic E-state index is 12.5. The van der Waals surface area contributed by atoms with Gasteiger partial charge in [-0.1, -0.05) is 22.9 Å². The number of aromatic nitrogens is 2. The maximum Gasteiger partial charge on any atom is 0.387 e. The lowest BCUT2D eigenvalue weighted by Gasteiger charge is -2.15. The van der Waals surface area contributed by atoms with E-state index in [1.807, 2.05) is 6.92 Å². The molecular formula is C16H22F2IN5O2. The second kappa shape index (κ2) is 10.9. The van der Waals surface area contributed by atoms with Crippen LogP contribution < -0.4 is 15.4 Å². The Hall–Kier alpha value is -1.98. The first-order chi connectivity index (χ1) is 12.0. The van der Waals surface area contributed by atoms with Crippen LogP contribution in [0.4, 0.5) is 8.78 Å². The number of ether oxygens (including phenoxy) is 1. The zero-order valence-electron chi connectivity index (χ0n) is 14.8. The molecule has 0 saturated heterocycles. The van der Waals surface area contributed by atoms with Crippen molar-refractivity contribution in [1.29, 1.82) is 0 Å². The summed E-state index contributed by atoms with van der Waals surface area (Å²) in [7, 11) is 1.62. The number of rotatable bonds is 7. The SMILES string of the molecule is CN=C(NCCc1nc(C)no1)NCc1cc(C)ccc1OC(F)F.I. The molecule has 10 heteroatoms. The summed E-state index contributed by atoms with van der Waals surface area (Å²) in [6.45, 7) is 1.60. The van der Waals surface area contributed by atoms with Crippen molar-refractivity contribution < 1.29 is 18.0 Å². The fourth-order valence-corrected chi connectivity index (χ4v) is 2.19. The molecule has 0 aliphatic rings. The van der Waals surface area contributed by atoms with Crippen molar-refractivity contribution in [3.8, 4) is 5.75 Å². The van der Waals surface area contributed by atoms with Gasteiger partial charge in [0.2, 0.25) is 5.89 Å². The molecule has 0 spiro atoms. The molecule has 2 rings (SSSR count). The lowest BCUT2D eigenvalue weighted by Crippen LogP contribution is -2.38. The van der Waals surface area contributed by atoms with E-state index in [-0.39, 0.29) is 29.7 Å². The van der Waals surface area contributed by atoms with Gasteiger partial charge in [-0.2, -0.15) is 13.8 Å². The molecule has 7 nitrogen and oxygen atoms in total. The molecule has 144 valence electrons. The largest absolute Gasteiger partial charge is 0.434 e. The molecule has 0 atom stereocenters. The van der Waals surface area contributed by atoms with Gasteiger partial charge < -0.3 is 19.9 Å². The Balaban J connectivity index is 0.00000338. The highest BCUT2D eigenvalue weighted by molar-refractivity contribution is 14.0. The van der Waals surface area contributed by atoms with E-state index >= 15 is 0 Å². The first-order valence-corrected chi connectivity index (χ1v) is 7.76. The van der Waals surface area contributed by atoms with Gasteiger partial charge in [-0.25, -0.2) is 0 Å². The molecule has 0 fully saturated rings. The summed E-state index contributed by atoms with van der Waals surface area (Å²) in [4.78, 5) is 8.20. The third-order valence-corrected chi connectivity index (χ3v) is 3.30. The number of aliphatic imine (C=N–C) groups is 1. The highest BCUT2D eigenvalue weighted by Gasteiger charge is 2.10. The molecule has 1 aromatic carbocycles. The van der Waals surface area contributed by atoms with Crippen LogP contribution in [-0.4, -0.2) is 36.3 Å². The van der Waals surface area contributed by atoms with E-state index in [1.54, 1.807) is 26.1 Å². The average molecular weight is 481 g/mol. The highest BCUT2D eigenvalue weighted by atomic mass is 127. The summed E-state index contributed by atoms with van der Waals surface area (Å²) < 4.78 is 34.6. The Morgan fingerprint density at radius 2 is 2.08 bits per heavy atom. The lowest BCUT2D eigenvalue weighted by molar-refractivity contribution is -0.0504. The fourth-order valence-electron chi connectivity index (χ4n) is 2.19. The Labute approximate surface area is 167 Å². The van der Waals surface area contributed by atoms with E-state index in [2.05, 4.69) is 30.5 Å². The van der Waals surface area contributed by atoms with Crippen LogP contribution in [0, 0.1) is 13.8 Å². The van der Waals surface area contributed by atoms with E-state index in [0.29, 0.717) is 42.7 Å². The number of alkyl halides is 2. The Morgan fingerprint density at radius 3 is 2.69 bits per heavy atom. The van der Waals surface area contributed by atoms with Gasteiger partial charge in [-0.15, -0.1) is 24.0 Å². The molecule has 0 unspecified atom stereocenters. The van der Waals surface area contributed by atoms with Crippen molar-refractivity contribution in [3.63, 3.8) is 0 Å². The Bertz CT molecular complexity index is 724. The Kier molecular flexibility index (Phi) is 9.24. The standard InChI is InChI=1S/C16H21F2N5O2.HI/c1-10-4-5-13(24-15(17)18)12(8-10)9-21-16(19-3)20-7-6-14-22-11(2)23-25-14;/h4-5,8,15H,6-7,9H2,1-3H3,(H2,19,20,21);1H. The Morgan fingerprint density at radius 1 is 1.31 bits per heavy atom.